The largest absolute Gasteiger partial charge is 0.326 e. The Bertz CT molecular complexity index is 1250. The van der Waals surface area contributed by atoms with Crippen molar-refractivity contribution in [1.82, 2.24) is 34.6 Å². The monoisotopic (exact) mass is 443 g/mol. The summed E-state index contributed by atoms with van der Waals surface area (Å²) in [6.45, 7) is 2.63. The smallest absolute Gasteiger partial charge is 0.306 e. The van der Waals surface area contributed by atoms with Crippen molar-refractivity contribution in [2.24, 2.45) is 0 Å². The highest BCUT2D eigenvalue weighted by molar-refractivity contribution is 6.32. The van der Waals surface area contributed by atoms with Crippen molar-refractivity contribution in [2.45, 2.75) is 19.3 Å². The van der Waals surface area contributed by atoms with Gasteiger partial charge in [0.2, 0.25) is 0 Å². The molecule has 0 radical (unpaired) electrons. The Morgan fingerprint density at radius 2 is 1.97 bits per heavy atom. The Balaban J connectivity index is 1.44. The first-order valence-electron chi connectivity index (χ1n) is 9.16. The van der Waals surface area contributed by atoms with Crippen molar-refractivity contribution in [3.63, 3.8) is 0 Å². The summed E-state index contributed by atoms with van der Waals surface area (Å²) in [5, 5.41) is 15.8. The van der Waals surface area contributed by atoms with Crippen LogP contribution in [-0.4, -0.2) is 47.2 Å². The van der Waals surface area contributed by atoms with Gasteiger partial charge in [0.15, 0.2) is 16.6 Å². The molecule has 5 rings (SSSR count). The molecule has 2 amide bonds. The zero-order chi connectivity index (χ0) is 20.8. The number of aromatic nitrogens is 7. The van der Waals surface area contributed by atoms with E-state index in [4.69, 9.17) is 23.2 Å². The Hall–Kier alpha value is -3.24. The minimum absolute atomic E-state index is 0.197. The molecule has 1 aliphatic rings. The van der Waals surface area contributed by atoms with E-state index in [1.54, 1.807) is 27.7 Å². The lowest BCUT2D eigenvalue weighted by Gasteiger charge is -2.32. The highest BCUT2D eigenvalue weighted by Gasteiger charge is 2.30. The van der Waals surface area contributed by atoms with Crippen LogP contribution in [0.5, 0.6) is 0 Å². The number of nitrogens with one attached hydrogen (secondary N) is 1. The molecule has 4 aromatic rings. The Morgan fingerprint density at radius 1 is 1.17 bits per heavy atom. The van der Waals surface area contributed by atoms with E-state index in [0.717, 1.165) is 12.1 Å². The third kappa shape index (κ3) is 3.14. The van der Waals surface area contributed by atoms with Gasteiger partial charge in [-0.1, -0.05) is 30.1 Å². The maximum absolute atomic E-state index is 13.0. The fraction of sp³-hybridized carbons (Fsp3) is 0.222. The molecular formula is C18H15Cl2N9O. The molecule has 10 nitrogen and oxygen atoms in total. The van der Waals surface area contributed by atoms with Crippen LogP contribution in [0.25, 0.3) is 11.5 Å². The van der Waals surface area contributed by atoms with Crippen LogP contribution >= 0.6 is 23.2 Å². The molecule has 0 spiro atoms. The van der Waals surface area contributed by atoms with Gasteiger partial charge in [0.1, 0.15) is 0 Å². The minimum Gasteiger partial charge on any atom is -0.306 e. The Kier molecular flexibility index (Phi) is 4.52. The lowest BCUT2D eigenvalue weighted by molar-refractivity contribution is 0.256. The van der Waals surface area contributed by atoms with Crippen molar-refractivity contribution in [1.29, 1.82) is 0 Å². The molecule has 1 aliphatic heterocycles. The average molecular weight is 444 g/mol. The fourth-order valence-electron chi connectivity index (χ4n) is 3.54. The summed E-state index contributed by atoms with van der Waals surface area (Å²) in [6, 6.07) is 2.98. The Morgan fingerprint density at radius 3 is 2.73 bits per heavy atom. The molecule has 0 bridgehead atoms. The summed E-state index contributed by atoms with van der Waals surface area (Å²) in [7, 11) is 0. The zero-order valence-electron chi connectivity index (χ0n) is 15.7. The number of hydrogen-bond acceptors (Lipinski definition) is 6. The predicted octanol–water partition coefficient (Wildman–Crippen LogP) is 3.56. The molecule has 0 saturated carbocycles. The van der Waals surface area contributed by atoms with E-state index in [9.17, 15) is 4.79 Å². The van der Waals surface area contributed by atoms with Gasteiger partial charge in [-0.25, -0.2) is 19.3 Å². The first kappa shape index (κ1) is 18.8. The second kappa shape index (κ2) is 7.22. The van der Waals surface area contributed by atoms with Gasteiger partial charge in [-0.2, -0.15) is 15.3 Å². The van der Waals surface area contributed by atoms with Crippen molar-refractivity contribution in [3.8, 4) is 5.82 Å². The molecule has 12 heteroatoms. The van der Waals surface area contributed by atoms with Gasteiger partial charge in [-0.05, 0) is 12.5 Å². The van der Waals surface area contributed by atoms with E-state index >= 15 is 0 Å². The fourth-order valence-corrected chi connectivity index (χ4v) is 3.95. The van der Waals surface area contributed by atoms with Crippen LogP contribution in [0.2, 0.25) is 10.2 Å². The molecule has 4 aromatic heterocycles. The molecule has 5 heterocycles. The quantitative estimate of drug-likeness (QED) is 0.507. The maximum atomic E-state index is 13.0. The highest BCUT2D eigenvalue weighted by atomic mass is 35.5. The van der Waals surface area contributed by atoms with Gasteiger partial charge in [0.25, 0.3) is 0 Å². The van der Waals surface area contributed by atoms with E-state index in [2.05, 4.69) is 37.5 Å². The van der Waals surface area contributed by atoms with Gasteiger partial charge >= 0.3 is 6.03 Å². The SMILES string of the molecule is CC1CCN(C(=O)Nc2cnc(-n3nccn3)c(Cl)c2)c2cnc3cc(Cl)nn3c21. The van der Waals surface area contributed by atoms with E-state index in [-0.39, 0.29) is 11.9 Å². The number of carbonyl (C=O) groups is 1. The standard InChI is InChI=1S/C18H15Cl2N9O/c1-10-2-5-27(13-9-21-15-7-14(20)26-28(15)16(10)13)18(30)25-11-6-12(19)17(22-8-11)29-23-3-4-24-29/h3-4,6-10H,2,5H2,1H3,(H,25,30). The summed E-state index contributed by atoms with van der Waals surface area (Å²) in [6.07, 6.45) is 7.01. The lowest BCUT2D eigenvalue weighted by atomic mass is 9.97. The average Bonchev–Trinajstić information content (AvgIpc) is 3.37. The second-order valence-electron chi connectivity index (χ2n) is 6.89. The molecule has 0 aromatic carbocycles. The van der Waals surface area contributed by atoms with Crippen LogP contribution in [0, 0.1) is 0 Å². The molecule has 30 heavy (non-hydrogen) atoms. The number of rotatable bonds is 2. The first-order valence-corrected chi connectivity index (χ1v) is 9.92. The molecular weight excluding hydrogens is 429 g/mol. The highest BCUT2D eigenvalue weighted by Crippen LogP contribution is 2.35. The van der Waals surface area contributed by atoms with Gasteiger partial charge in [-0.15, -0.1) is 4.80 Å². The van der Waals surface area contributed by atoms with Gasteiger partial charge < -0.3 is 5.32 Å². The zero-order valence-corrected chi connectivity index (χ0v) is 17.2. The topological polar surface area (TPSA) is 106 Å². The van der Waals surface area contributed by atoms with Crippen LogP contribution in [0.4, 0.5) is 16.2 Å². The number of urea groups is 1. The normalized spacial score (nSPS) is 16.0. The number of nitrogens with zero attached hydrogens (tertiary/aromatic N) is 8. The third-order valence-corrected chi connectivity index (χ3v) is 5.40. The van der Waals surface area contributed by atoms with Crippen LogP contribution < -0.4 is 10.2 Å². The van der Waals surface area contributed by atoms with Crippen molar-refractivity contribution < 1.29 is 4.79 Å². The number of amides is 2. The van der Waals surface area contributed by atoms with Crippen LogP contribution in [0.15, 0.2) is 36.9 Å². The third-order valence-electron chi connectivity index (χ3n) is 4.94. The molecule has 152 valence electrons. The number of halogens is 2. The van der Waals surface area contributed by atoms with Crippen LogP contribution in [-0.2, 0) is 0 Å². The predicted molar refractivity (Wildman–Crippen MR) is 112 cm³/mol. The van der Waals surface area contributed by atoms with Crippen LogP contribution in [0.1, 0.15) is 25.0 Å². The summed E-state index contributed by atoms with van der Waals surface area (Å²) < 4.78 is 1.70. The van der Waals surface area contributed by atoms with Gasteiger partial charge in [0.05, 0.1) is 46.9 Å². The molecule has 1 N–H and O–H groups in total. The van der Waals surface area contributed by atoms with Crippen molar-refractivity contribution in [3.05, 3.63) is 52.8 Å². The molecule has 0 saturated heterocycles. The summed E-state index contributed by atoms with van der Waals surface area (Å²) in [5.74, 6) is 0.571. The van der Waals surface area contributed by atoms with E-state index in [1.165, 1.54) is 23.4 Å². The number of carbonyl (C=O) groups excluding carboxylic acids is 1. The number of hydrogen-bond donors (Lipinski definition) is 1. The molecule has 1 unspecified atom stereocenters. The lowest BCUT2D eigenvalue weighted by Crippen LogP contribution is -2.40. The minimum atomic E-state index is -0.314. The van der Waals surface area contributed by atoms with Gasteiger partial charge in [0, 0.05) is 18.5 Å². The van der Waals surface area contributed by atoms with Crippen LogP contribution in [0.3, 0.4) is 0 Å². The molecule has 0 fully saturated rings. The second-order valence-corrected chi connectivity index (χ2v) is 7.68. The Labute approximate surface area is 180 Å². The number of anilines is 2. The molecule has 1 atom stereocenters. The summed E-state index contributed by atoms with van der Waals surface area (Å²) >= 11 is 12.3. The van der Waals surface area contributed by atoms with E-state index in [0.29, 0.717) is 39.6 Å². The van der Waals surface area contributed by atoms with E-state index < -0.39 is 0 Å². The van der Waals surface area contributed by atoms with Gasteiger partial charge in [-0.3, -0.25) is 4.90 Å². The first-order chi connectivity index (χ1) is 14.5. The van der Waals surface area contributed by atoms with Crippen molar-refractivity contribution >= 4 is 46.3 Å². The van der Waals surface area contributed by atoms with E-state index in [1.807, 2.05) is 0 Å². The molecule has 0 aliphatic carbocycles. The maximum Gasteiger partial charge on any atom is 0.326 e. The summed E-state index contributed by atoms with van der Waals surface area (Å²) in [4.78, 5) is 24.6. The number of pyridine rings is 1. The number of fused-ring (bicyclic) bond motifs is 3. The van der Waals surface area contributed by atoms with Crippen molar-refractivity contribution in [2.75, 3.05) is 16.8 Å². The summed E-state index contributed by atoms with van der Waals surface area (Å²) in [5.41, 5.74) is 2.68.